The van der Waals surface area contributed by atoms with Gasteiger partial charge in [-0.05, 0) is 49.4 Å². The minimum Gasteiger partial charge on any atom is -0.330 e. The second kappa shape index (κ2) is 7.76. The summed E-state index contributed by atoms with van der Waals surface area (Å²) >= 11 is 0. The third-order valence-electron chi connectivity index (χ3n) is 3.45. The molecule has 3 N–H and O–H groups in total. The Bertz CT molecular complexity index is 495. The third kappa shape index (κ3) is 4.89. The molecule has 0 bridgehead atoms. The number of rotatable bonds is 8. The Morgan fingerprint density at radius 3 is 2.25 bits per heavy atom. The molecule has 0 aliphatic heterocycles. The lowest BCUT2D eigenvalue weighted by molar-refractivity contribution is 0.437. The van der Waals surface area contributed by atoms with E-state index in [-0.39, 0.29) is 12.0 Å². The fraction of sp³-hybridized carbons (Fsp3) is 0.600. The lowest BCUT2D eigenvalue weighted by Crippen LogP contribution is -2.37. The molecule has 0 spiro atoms. The van der Waals surface area contributed by atoms with E-state index in [0.717, 1.165) is 24.8 Å². The van der Waals surface area contributed by atoms with Crippen LogP contribution < -0.4 is 10.5 Å². The smallest absolute Gasteiger partial charge is 0.240 e. The number of benzene rings is 1. The Labute approximate surface area is 122 Å². The molecule has 1 unspecified atom stereocenters. The second-order valence-electron chi connectivity index (χ2n) is 5.42. The van der Waals surface area contributed by atoms with Crippen molar-refractivity contribution < 1.29 is 8.42 Å². The lowest BCUT2D eigenvalue weighted by atomic mass is 10.0. The average molecular weight is 298 g/mol. The molecule has 0 radical (unpaired) electrons. The Hall–Kier alpha value is -0.910. The summed E-state index contributed by atoms with van der Waals surface area (Å²) in [5, 5.41) is 0. The van der Waals surface area contributed by atoms with Gasteiger partial charge in [0.15, 0.2) is 0 Å². The van der Waals surface area contributed by atoms with Crippen molar-refractivity contribution in [1.82, 2.24) is 4.72 Å². The van der Waals surface area contributed by atoms with E-state index in [1.54, 1.807) is 12.1 Å². The molecular weight excluding hydrogens is 272 g/mol. The highest BCUT2D eigenvalue weighted by Crippen LogP contribution is 2.15. The van der Waals surface area contributed by atoms with E-state index in [1.807, 2.05) is 32.9 Å². The highest BCUT2D eigenvalue weighted by Gasteiger charge is 2.20. The summed E-state index contributed by atoms with van der Waals surface area (Å²) in [4.78, 5) is 0.327. The van der Waals surface area contributed by atoms with Crippen molar-refractivity contribution in [2.24, 2.45) is 11.7 Å². The van der Waals surface area contributed by atoms with Crippen LogP contribution >= 0.6 is 0 Å². The van der Waals surface area contributed by atoms with Gasteiger partial charge in [-0.15, -0.1) is 0 Å². The van der Waals surface area contributed by atoms with Crippen molar-refractivity contribution in [3.8, 4) is 0 Å². The van der Waals surface area contributed by atoms with Crippen LogP contribution in [0, 0.1) is 5.92 Å². The maximum Gasteiger partial charge on any atom is 0.240 e. The average Bonchev–Trinajstić information content (AvgIpc) is 2.42. The number of nitrogens with two attached hydrogens (primary N) is 1. The van der Waals surface area contributed by atoms with Gasteiger partial charge in [0.05, 0.1) is 4.90 Å². The summed E-state index contributed by atoms with van der Waals surface area (Å²) < 4.78 is 27.4. The minimum absolute atomic E-state index is 0.0306. The first-order valence-electron chi connectivity index (χ1n) is 7.22. The molecule has 0 heterocycles. The second-order valence-corrected chi connectivity index (χ2v) is 7.13. The largest absolute Gasteiger partial charge is 0.330 e. The predicted octanol–water partition coefficient (Wildman–Crippen LogP) is 2.29. The van der Waals surface area contributed by atoms with E-state index in [0.29, 0.717) is 11.4 Å². The monoisotopic (exact) mass is 298 g/mol. The number of sulfonamides is 1. The van der Waals surface area contributed by atoms with Crippen LogP contribution in [0.15, 0.2) is 29.2 Å². The number of nitrogens with one attached hydrogen (secondary N) is 1. The van der Waals surface area contributed by atoms with Gasteiger partial charge < -0.3 is 5.73 Å². The number of hydrogen-bond donors (Lipinski definition) is 2. The first-order valence-corrected chi connectivity index (χ1v) is 8.70. The van der Waals surface area contributed by atoms with Gasteiger partial charge in [-0.2, -0.15) is 0 Å². The van der Waals surface area contributed by atoms with Gasteiger partial charge in [-0.1, -0.05) is 32.9 Å². The van der Waals surface area contributed by atoms with Crippen LogP contribution in [0.25, 0.3) is 0 Å². The molecule has 1 rings (SSSR count). The Kier molecular flexibility index (Phi) is 6.65. The Morgan fingerprint density at radius 1 is 1.20 bits per heavy atom. The van der Waals surface area contributed by atoms with Crippen molar-refractivity contribution >= 4 is 10.0 Å². The van der Waals surface area contributed by atoms with Crippen molar-refractivity contribution in [1.29, 1.82) is 0 Å². The molecule has 4 nitrogen and oxygen atoms in total. The van der Waals surface area contributed by atoms with Crippen molar-refractivity contribution in [2.75, 3.05) is 6.54 Å². The van der Waals surface area contributed by atoms with Gasteiger partial charge in [0, 0.05) is 6.04 Å². The zero-order valence-corrected chi connectivity index (χ0v) is 13.4. The van der Waals surface area contributed by atoms with Gasteiger partial charge in [0.1, 0.15) is 0 Å². The maximum atomic E-state index is 12.3. The van der Waals surface area contributed by atoms with Crippen LogP contribution in [0.4, 0.5) is 0 Å². The van der Waals surface area contributed by atoms with Gasteiger partial charge in [0.25, 0.3) is 0 Å². The summed E-state index contributed by atoms with van der Waals surface area (Å²) in [5.74, 6) is 0.276. The molecule has 5 heteroatoms. The fourth-order valence-corrected chi connectivity index (χ4v) is 3.57. The van der Waals surface area contributed by atoms with Crippen molar-refractivity contribution in [2.45, 2.75) is 51.0 Å². The van der Waals surface area contributed by atoms with E-state index >= 15 is 0 Å². The molecule has 0 aliphatic rings. The standard InChI is InChI=1S/C15H26N2O2S/c1-4-15(12(2)3)17-20(18,19)14-9-7-13(8-10-14)6-5-11-16/h7-10,12,15,17H,4-6,11,16H2,1-3H3. The molecule has 1 aromatic rings. The topological polar surface area (TPSA) is 72.2 Å². The van der Waals surface area contributed by atoms with Crippen LogP contribution in [0.3, 0.4) is 0 Å². The quantitative estimate of drug-likeness (QED) is 0.773. The molecule has 0 saturated heterocycles. The summed E-state index contributed by atoms with van der Waals surface area (Å²) in [6.45, 7) is 6.68. The SMILES string of the molecule is CCC(NS(=O)(=O)c1ccc(CCCN)cc1)C(C)C. The van der Waals surface area contributed by atoms with Crippen molar-refractivity contribution in [3.05, 3.63) is 29.8 Å². The zero-order valence-electron chi connectivity index (χ0n) is 12.6. The van der Waals surface area contributed by atoms with Gasteiger partial charge in [-0.25, -0.2) is 13.1 Å². The summed E-state index contributed by atoms with van der Waals surface area (Å²) in [7, 11) is -3.43. The molecule has 1 atom stereocenters. The zero-order chi connectivity index (χ0) is 15.2. The van der Waals surface area contributed by atoms with E-state index in [1.165, 1.54) is 0 Å². The van der Waals surface area contributed by atoms with Crippen molar-refractivity contribution in [3.63, 3.8) is 0 Å². The molecule has 0 amide bonds. The number of hydrogen-bond acceptors (Lipinski definition) is 3. The van der Waals surface area contributed by atoms with E-state index in [2.05, 4.69) is 4.72 Å². The van der Waals surface area contributed by atoms with Gasteiger partial charge in [-0.3, -0.25) is 0 Å². The third-order valence-corrected chi connectivity index (χ3v) is 4.96. The Balaban J connectivity index is 2.82. The van der Waals surface area contributed by atoms with Crippen LogP contribution in [0.2, 0.25) is 0 Å². The lowest BCUT2D eigenvalue weighted by Gasteiger charge is -2.20. The van der Waals surface area contributed by atoms with E-state index < -0.39 is 10.0 Å². The fourth-order valence-electron chi connectivity index (χ4n) is 2.10. The molecule has 0 aliphatic carbocycles. The molecule has 114 valence electrons. The first-order chi connectivity index (χ1) is 9.40. The van der Waals surface area contributed by atoms with Gasteiger partial charge >= 0.3 is 0 Å². The number of aryl methyl sites for hydroxylation is 1. The van der Waals surface area contributed by atoms with Gasteiger partial charge in [0.2, 0.25) is 10.0 Å². The minimum atomic E-state index is -3.43. The molecule has 0 saturated carbocycles. The highest BCUT2D eigenvalue weighted by molar-refractivity contribution is 7.89. The molecular formula is C15H26N2O2S. The predicted molar refractivity (Wildman–Crippen MR) is 83.1 cm³/mol. The molecule has 1 aromatic carbocycles. The normalized spacial score (nSPS) is 13.7. The highest BCUT2D eigenvalue weighted by atomic mass is 32.2. The molecule has 20 heavy (non-hydrogen) atoms. The van der Waals surface area contributed by atoms with Crippen LogP contribution in [-0.2, 0) is 16.4 Å². The summed E-state index contributed by atoms with van der Waals surface area (Å²) in [6, 6.07) is 7.03. The van der Waals surface area contributed by atoms with E-state index in [9.17, 15) is 8.42 Å². The molecule has 0 aromatic heterocycles. The van der Waals surface area contributed by atoms with Crippen LogP contribution in [0.5, 0.6) is 0 Å². The van der Waals surface area contributed by atoms with E-state index in [4.69, 9.17) is 5.73 Å². The van der Waals surface area contributed by atoms with Crippen LogP contribution in [-0.4, -0.2) is 21.0 Å². The maximum absolute atomic E-state index is 12.3. The van der Waals surface area contributed by atoms with Crippen LogP contribution in [0.1, 0.15) is 39.2 Å². The summed E-state index contributed by atoms with van der Waals surface area (Å²) in [6.07, 6.45) is 2.58. The molecule has 0 fully saturated rings. The summed E-state index contributed by atoms with van der Waals surface area (Å²) in [5.41, 5.74) is 6.58. The first kappa shape index (κ1) is 17.1. The Morgan fingerprint density at radius 2 is 1.80 bits per heavy atom.